The number of hydrogen-bond donors (Lipinski definition) is 0. The van der Waals surface area contributed by atoms with Crippen LogP contribution in [-0.2, 0) is 51.9 Å². The van der Waals surface area contributed by atoms with Gasteiger partial charge in [0.25, 0.3) is 23.3 Å². The zero-order valence-electron chi connectivity index (χ0n) is 89.3. The summed E-state index contributed by atoms with van der Waals surface area (Å²) < 4.78 is 19.9. The molecule has 0 N–H and O–H groups in total. The zero-order chi connectivity index (χ0) is 99.2. The number of benzene rings is 12. The van der Waals surface area contributed by atoms with Crippen LogP contribution in [0.25, 0.3) is 113 Å². The van der Waals surface area contributed by atoms with E-state index in [1.807, 2.05) is 0 Å². The quantitative estimate of drug-likeness (QED) is 0.0606. The monoisotopic (exact) mass is 1900 g/mol. The van der Waals surface area contributed by atoms with Crippen LogP contribution < -0.4 is 18.3 Å². The molecule has 4 aliphatic carbocycles. The maximum Gasteiger partial charge on any atom is 0.294 e. The lowest BCUT2D eigenvalue weighted by Crippen LogP contribution is -2.30. The van der Waals surface area contributed by atoms with Crippen LogP contribution in [0.5, 0.6) is 0 Å². The van der Waals surface area contributed by atoms with Gasteiger partial charge in [0, 0.05) is 66.8 Å². The van der Waals surface area contributed by atoms with E-state index in [4.69, 9.17) is 0 Å². The van der Waals surface area contributed by atoms with Gasteiger partial charge >= 0.3 is 0 Å². The zero-order valence-corrected chi connectivity index (χ0v) is 89.3. The van der Waals surface area contributed by atoms with Crippen molar-refractivity contribution in [2.45, 2.75) is 314 Å². The van der Waals surface area contributed by atoms with Crippen LogP contribution in [0.15, 0.2) is 280 Å². The van der Waals surface area contributed by atoms with Crippen molar-refractivity contribution < 1.29 is 18.3 Å². The summed E-state index contributed by atoms with van der Waals surface area (Å²) in [5.41, 5.74) is 48.3. The summed E-state index contributed by atoms with van der Waals surface area (Å²) in [6.45, 7) is 40.5. The minimum absolute atomic E-state index is 0.552. The molecule has 0 saturated heterocycles. The number of imidazole rings is 4. The van der Waals surface area contributed by atoms with Gasteiger partial charge in [-0.15, -0.1) is 0 Å². The molecule has 144 heavy (non-hydrogen) atoms. The van der Waals surface area contributed by atoms with Crippen molar-refractivity contribution >= 4 is 0 Å². The summed E-state index contributed by atoms with van der Waals surface area (Å²) >= 11 is 0. The molecule has 4 saturated carbocycles. The van der Waals surface area contributed by atoms with Crippen LogP contribution in [-0.4, -0.2) is 18.3 Å². The summed E-state index contributed by atoms with van der Waals surface area (Å²) in [6, 6.07) is 88.6. The predicted molar refractivity (Wildman–Crippen MR) is 599 cm³/mol. The van der Waals surface area contributed by atoms with Gasteiger partial charge < -0.3 is 0 Å². The van der Waals surface area contributed by atoms with E-state index >= 15 is 0 Å². The third-order valence-electron chi connectivity index (χ3n) is 32.9. The van der Waals surface area contributed by atoms with Gasteiger partial charge in [-0.3, -0.25) is 0 Å². The minimum atomic E-state index is 0.552. The summed E-state index contributed by atoms with van der Waals surface area (Å²) in [5.74, 6) is 11.4. The van der Waals surface area contributed by atoms with Crippen LogP contribution >= 0.6 is 0 Å². The fourth-order valence-electron chi connectivity index (χ4n) is 26.4. The maximum atomic E-state index is 2.60. The highest BCUT2D eigenvalue weighted by Crippen LogP contribution is 2.51. The molecule has 0 unspecified atom stereocenters. The molecule has 0 amide bonds. The van der Waals surface area contributed by atoms with Gasteiger partial charge in [-0.05, 0) is 292 Å². The van der Waals surface area contributed by atoms with Crippen LogP contribution in [0, 0.1) is 51.4 Å². The normalized spacial score (nSPS) is 15.3. The van der Waals surface area contributed by atoms with Crippen molar-refractivity contribution in [1.82, 2.24) is 18.3 Å². The van der Waals surface area contributed by atoms with Gasteiger partial charge in [0.2, 0.25) is 0 Å². The fraction of sp³-hybridized carbons (Fsp3) is 0.382. The fourth-order valence-corrected chi connectivity index (χ4v) is 26.4. The second-order valence-corrected chi connectivity index (χ2v) is 46.7. The average Bonchev–Trinajstić information content (AvgIpc) is 1.59. The topological polar surface area (TPSA) is 35.2 Å². The molecule has 8 heterocycles. The highest BCUT2D eigenvalue weighted by molar-refractivity contribution is 5.78. The van der Waals surface area contributed by atoms with Gasteiger partial charge in [-0.1, -0.05) is 327 Å². The first-order valence-corrected chi connectivity index (χ1v) is 55.8. The average molecular weight is 1900 g/mol. The third kappa shape index (κ3) is 20.2. The van der Waals surface area contributed by atoms with Crippen molar-refractivity contribution in [3.63, 3.8) is 0 Å². The van der Waals surface area contributed by atoms with Gasteiger partial charge in [0.1, 0.15) is 98.5 Å². The lowest BCUT2D eigenvalue weighted by molar-refractivity contribution is -0.671. The van der Waals surface area contributed by atoms with Crippen molar-refractivity contribution in [2.24, 2.45) is 23.7 Å². The van der Waals surface area contributed by atoms with Crippen molar-refractivity contribution in [3.8, 4) is 113 Å². The molecule has 8 heteroatoms. The van der Waals surface area contributed by atoms with Crippen LogP contribution in [0.4, 0.5) is 0 Å². The molecule has 4 aliphatic heterocycles. The SMILES string of the molecule is CC(C)Cc1cc(-c2ccc(C(C)C)cc2)cc(CC(C)C)c1-n1cc[n+]2c1-c1ccccc1C2.CC(C)c1ccc(-c2cc(C3CCCC3)c(-n3cc[n+]4c3-c3ccccc3C4)c(C3CCCC3)c2)cc1.Cc1cc(C)cc(-c2cc(C3CCCCC3)c(-n3cc[n+]4c3-c3ccccc3C4)c(C3CCCCC3)c2)c1.Cc1cc(C)cc(-c2cc(CC(C)C)c(-n3cc[n+]4c3-c3ccccc3C4)c(CC(C)C)c2)c1. The Balaban J connectivity index is 0.000000113. The van der Waals surface area contributed by atoms with E-state index in [1.54, 1.807) is 22.3 Å². The second-order valence-electron chi connectivity index (χ2n) is 46.7. The molecule has 4 aromatic heterocycles. The third-order valence-corrected chi connectivity index (χ3v) is 32.9. The molecule has 8 nitrogen and oxygen atoms in total. The number of aromatic nitrogens is 8. The van der Waals surface area contributed by atoms with E-state index < -0.39 is 0 Å². The van der Waals surface area contributed by atoms with Gasteiger partial charge in [-0.2, -0.15) is 18.3 Å². The van der Waals surface area contributed by atoms with Crippen molar-refractivity contribution in [2.75, 3.05) is 0 Å². The predicted octanol–water partition coefficient (Wildman–Crippen LogP) is 33.5. The lowest BCUT2D eigenvalue weighted by atomic mass is 9.77. The molecule has 12 aromatic carbocycles. The number of hydrogen-bond acceptors (Lipinski definition) is 0. The van der Waals surface area contributed by atoms with E-state index in [2.05, 4.69) is 427 Å². The number of rotatable bonds is 22. The van der Waals surface area contributed by atoms with Gasteiger partial charge in [0.15, 0.2) is 0 Å². The lowest BCUT2D eigenvalue weighted by Gasteiger charge is -2.29. The molecule has 736 valence electrons. The van der Waals surface area contributed by atoms with Crippen LogP contribution in [0.1, 0.15) is 334 Å². The van der Waals surface area contributed by atoms with E-state index in [9.17, 15) is 0 Å². The van der Waals surface area contributed by atoms with Crippen molar-refractivity contribution in [1.29, 1.82) is 0 Å². The number of fused-ring (bicyclic) bond motifs is 12. The molecule has 0 atom stereocenters. The second kappa shape index (κ2) is 42.3. The standard InChI is InChI=1S/C36H41N2.C35H39N2.C33H39N2.C32H37N2/c1-25-19-26(2)21-30(20-25)31-22-33(27-11-5-3-6-12-27)35(34(23-31)28-13-7-4-8-14-28)38-18-17-37-24-29-15-9-10-16-32(29)36(37)38;1-24(2)25-15-17-26(18-16-25)30-21-32(27-9-3-4-10-27)34(33(22-30)28-11-5-6-12-28)37-20-19-36-23-29-13-7-8-14-31(29)35(36)37;1-22(2)17-29-19-28(26-13-11-25(12-14-26)24(5)6)20-30(18-23(3)4)32(29)35-16-15-34-21-27-9-7-8-10-31(27)33(34)35;1-21(2)13-28-18-27(26-16-23(5)15-24(6)17-26)19-29(14-22(3)4)31(28)34-12-11-33-20-25-9-7-8-10-30(25)32(33)34/h9-10,15-23,27-28H,3-8,11-14,24H2,1-2H3;7-8,13-22,24,27-28H,3-6,9-12,23H2,1-2H3;7-16,19-20,22-24H,17-18,21H2,1-6H3;7-12,15-19,21-22H,13-14,20H2,1-6H3/q4*+1. The molecule has 16 aromatic rings. The van der Waals surface area contributed by atoms with E-state index in [0.717, 1.165) is 51.9 Å². The van der Waals surface area contributed by atoms with Crippen LogP contribution in [0.2, 0.25) is 0 Å². The molecule has 24 rings (SSSR count). The molecule has 0 radical (unpaired) electrons. The largest absolute Gasteiger partial charge is 0.294 e. The minimum Gasteiger partial charge on any atom is -0.225 e. The Morgan fingerprint density at radius 3 is 0.715 bits per heavy atom. The van der Waals surface area contributed by atoms with Crippen molar-refractivity contribution in [3.05, 3.63) is 380 Å². The summed E-state index contributed by atoms with van der Waals surface area (Å²) in [7, 11) is 0. The summed E-state index contributed by atoms with van der Waals surface area (Å²) in [6.07, 6.45) is 46.9. The Kier molecular flexibility index (Phi) is 28.6. The van der Waals surface area contributed by atoms with Gasteiger partial charge in [0.05, 0.1) is 22.3 Å². The Morgan fingerprint density at radius 1 is 0.236 bits per heavy atom. The molecular formula is C136H156N8+4. The van der Waals surface area contributed by atoms with E-state index in [-0.39, 0.29) is 0 Å². The first kappa shape index (κ1) is 97.6. The molecular weight excluding hydrogens is 1750 g/mol. The number of nitrogens with zero attached hydrogens (tertiary/aromatic N) is 8. The Labute approximate surface area is 861 Å². The Morgan fingerprint density at radius 2 is 0.458 bits per heavy atom. The van der Waals surface area contributed by atoms with E-state index in [1.165, 1.54) is 306 Å². The highest BCUT2D eigenvalue weighted by Gasteiger charge is 2.41. The van der Waals surface area contributed by atoms with E-state index in [0.29, 0.717) is 59.2 Å². The first-order chi connectivity index (χ1) is 69.9. The Bertz CT molecular complexity index is 7160. The van der Waals surface area contributed by atoms with Crippen LogP contribution in [0.3, 0.4) is 0 Å². The summed E-state index contributed by atoms with van der Waals surface area (Å²) in [4.78, 5) is 0. The molecule has 0 bridgehead atoms. The molecule has 0 spiro atoms. The maximum absolute atomic E-state index is 2.60. The smallest absolute Gasteiger partial charge is 0.225 e. The summed E-state index contributed by atoms with van der Waals surface area (Å²) in [5, 5.41) is 0. The molecule has 4 fully saturated rings. The first-order valence-electron chi connectivity index (χ1n) is 55.8. The molecule has 8 aliphatic rings. The number of aryl methyl sites for hydroxylation is 4. The Hall–Kier alpha value is -12.5. The van der Waals surface area contributed by atoms with Gasteiger partial charge in [-0.25, -0.2) is 18.3 Å². The highest BCUT2D eigenvalue weighted by atomic mass is 15.2.